The lowest BCUT2D eigenvalue weighted by Gasteiger charge is -2.07. The van der Waals surface area contributed by atoms with E-state index < -0.39 is 0 Å². The zero-order valence-electron chi connectivity index (χ0n) is 9.30. The summed E-state index contributed by atoms with van der Waals surface area (Å²) in [6, 6.07) is 5.64. The minimum Gasteiger partial charge on any atom is -0.454 e. The van der Waals surface area contributed by atoms with Gasteiger partial charge in [0, 0.05) is 5.56 Å². The molecule has 5 nitrogen and oxygen atoms in total. The van der Waals surface area contributed by atoms with Crippen LogP contribution in [0.1, 0.15) is 5.69 Å². The number of nitrogen functional groups attached to an aromatic ring is 1. The molecule has 0 fully saturated rings. The van der Waals surface area contributed by atoms with E-state index in [1.807, 2.05) is 25.1 Å². The van der Waals surface area contributed by atoms with E-state index in [0.717, 1.165) is 28.5 Å². The number of fused-ring (bicyclic) bond motifs is 1. The second-order valence-electron chi connectivity index (χ2n) is 3.79. The van der Waals surface area contributed by atoms with E-state index in [1.54, 1.807) is 0 Å². The number of hydrogen-bond acceptors (Lipinski definition) is 5. The fraction of sp³-hybridized carbons (Fsp3) is 0.167. The molecular formula is C12H11N3O2. The molecule has 86 valence electrons. The lowest BCUT2D eigenvalue weighted by atomic mass is 10.1. The number of aryl methyl sites for hydroxylation is 1. The van der Waals surface area contributed by atoms with Crippen LogP contribution >= 0.6 is 0 Å². The molecule has 0 radical (unpaired) electrons. The summed E-state index contributed by atoms with van der Waals surface area (Å²) in [5.74, 6) is 1.47. The van der Waals surface area contributed by atoms with E-state index in [4.69, 9.17) is 15.2 Å². The van der Waals surface area contributed by atoms with Gasteiger partial charge in [0.2, 0.25) is 6.79 Å². The summed E-state index contributed by atoms with van der Waals surface area (Å²) in [7, 11) is 0. The van der Waals surface area contributed by atoms with Gasteiger partial charge in [-0.2, -0.15) is 0 Å². The number of nitrogens with two attached hydrogens (primary N) is 1. The first-order valence-electron chi connectivity index (χ1n) is 5.23. The van der Waals surface area contributed by atoms with Crippen molar-refractivity contribution in [1.82, 2.24) is 9.97 Å². The van der Waals surface area contributed by atoms with Crippen molar-refractivity contribution < 1.29 is 9.47 Å². The topological polar surface area (TPSA) is 70.3 Å². The Morgan fingerprint density at radius 1 is 1.18 bits per heavy atom. The van der Waals surface area contributed by atoms with Crippen molar-refractivity contribution >= 4 is 5.69 Å². The fourth-order valence-electron chi connectivity index (χ4n) is 1.76. The van der Waals surface area contributed by atoms with Gasteiger partial charge in [-0.05, 0) is 25.1 Å². The molecule has 0 saturated heterocycles. The molecular weight excluding hydrogens is 218 g/mol. The third kappa shape index (κ3) is 1.56. The SMILES string of the molecule is Cc1ncnc(-c2ccc3c(c2)OCO3)c1N. The van der Waals surface area contributed by atoms with Crippen LogP contribution in [0, 0.1) is 6.92 Å². The van der Waals surface area contributed by atoms with Crippen molar-refractivity contribution in [1.29, 1.82) is 0 Å². The van der Waals surface area contributed by atoms with Gasteiger partial charge >= 0.3 is 0 Å². The predicted molar refractivity (Wildman–Crippen MR) is 62.7 cm³/mol. The van der Waals surface area contributed by atoms with Crippen LogP contribution in [-0.2, 0) is 0 Å². The summed E-state index contributed by atoms with van der Waals surface area (Å²) in [5.41, 5.74) is 8.94. The minimum absolute atomic E-state index is 0.261. The highest BCUT2D eigenvalue weighted by Gasteiger charge is 2.15. The largest absolute Gasteiger partial charge is 0.454 e. The number of rotatable bonds is 1. The molecule has 0 unspecified atom stereocenters. The molecule has 0 amide bonds. The predicted octanol–water partition coefficient (Wildman–Crippen LogP) is 1.76. The van der Waals surface area contributed by atoms with Gasteiger partial charge in [0.05, 0.1) is 17.1 Å². The molecule has 0 aliphatic carbocycles. The lowest BCUT2D eigenvalue weighted by molar-refractivity contribution is 0.174. The molecule has 2 N–H and O–H groups in total. The van der Waals surface area contributed by atoms with Gasteiger partial charge in [0.25, 0.3) is 0 Å². The van der Waals surface area contributed by atoms with E-state index in [2.05, 4.69) is 9.97 Å². The average molecular weight is 229 g/mol. The number of hydrogen-bond donors (Lipinski definition) is 1. The molecule has 1 aliphatic rings. The van der Waals surface area contributed by atoms with Crippen LogP contribution in [0.25, 0.3) is 11.3 Å². The van der Waals surface area contributed by atoms with Crippen molar-refractivity contribution in [3.8, 4) is 22.8 Å². The molecule has 2 aromatic rings. The summed E-state index contributed by atoms with van der Waals surface area (Å²) in [6.07, 6.45) is 1.51. The summed E-state index contributed by atoms with van der Waals surface area (Å²) >= 11 is 0. The highest BCUT2D eigenvalue weighted by atomic mass is 16.7. The maximum absolute atomic E-state index is 5.96. The third-order valence-corrected chi connectivity index (χ3v) is 2.73. The first-order chi connectivity index (χ1) is 8.25. The molecule has 1 aromatic carbocycles. The molecule has 5 heteroatoms. The number of aromatic nitrogens is 2. The first kappa shape index (κ1) is 9.89. The van der Waals surface area contributed by atoms with E-state index in [9.17, 15) is 0 Å². The molecule has 1 aliphatic heterocycles. The lowest BCUT2D eigenvalue weighted by Crippen LogP contribution is -1.98. The second-order valence-corrected chi connectivity index (χ2v) is 3.79. The van der Waals surface area contributed by atoms with Crippen molar-refractivity contribution in [3.63, 3.8) is 0 Å². The van der Waals surface area contributed by atoms with Gasteiger partial charge in [-0.25, -0.2) is 9.97 Å². The maximum Gasteiger partial charge on any atom is 0.231 e. The van der Waals surface area contributed by atoms with Gasteiger partial charge in [-0.15, -0.1) is 0 Å². The zero-order chi connectivity index (χ0) is 11.8. The number of anilines is 1. The van der Waals surface area contributed by atoms with Crippen LogP contribution in [0.5, 0.6) is 11.5 Å². The van der Waals surface area contributed by atoms with Crippen LogP contribution in [0.15, 0.2) is 24.5 Å². The smallest absolute Gasteiger partial charge is 0.231 e. The Morgan fingerprint density at radius 3 is 2.88 bits per heavy atom. The monoisotopic (exact) mass is 229 g/mol. The molecule has 17 heavy (non-hydrogen) atoms. The summed E-state index contributed by atoms with van der Waals surface area (Å²) < 4.78 is 10.6. The number of benzene rings is 1. The fourth-order valence-corrected chi connectivity index (χ4v) is 1.76. The quantitative estimate of drug-likeness (QED) is 0.806. The zero-order valence-corrected chi connectivity index (χ0v) is 9.30. The van der Waals surface area contributed by atoms with Crippen molar-refractivity contribution in [2.45, 2.75) is 6.92 Å². The molecule has 0 spiro atoms. The van der Waals surface area contributed by atoms with Gasteiger partial charge in [0.15, 0.2) is 11.5 Å². The van der Waals surface area contributed by atoms with Crippen molar-refractivity contribution in [2.24, 2.45) is 0 Å². The molecule has 0 bridgehead atoms. The summed E-state index contributed by atoms with van der Waals surface area (Å²) in [6.45, 7) is 2.12. The Morgan fingerprint density at radius 2 is 2.00 bits per heavy atom. The highest BCUT2D eigenvalue weighted by molar-refractivity contribution is 5.75. The Bertz CT molecular complexity index is 584. The van der Waals surface area contributed by atoms with E-state index in [1.165, 1.54) is 6.33 Å². The van der Waals surface area contributed by atoms with E-state index in [-0.39, 0.29) is 6.79 Å². The summed E-state index contributed by atoms with van der Waals surface area (Å²) in [5, 5.41) is 0. The van der Waals surface area contributed by atoms with Gasteiger partial charge in [-0.1, -0.05) is 0 Å². The Kier molecular flexibility index (Phi) is 2.11. The number of ether oxygens (including phenoxy) is 2. The van der Waals surface area contributed by atoms with E-state index >= 15 is 0 Å². The van der Waals surface area contributed by atoms with E-state index in [0.29, 0.717) is 5.69 Å². The molecule has 0 saturated carbocycles. The average Bonchev–Trinajstić information content (AvgIpc) is 2.79. The normalized spacial score (nSPS) is 12.8. The second kappa shape index (κ2) is 3.62. The maximum atomic E-state index is 5.96. The van der Waals surface area contributed by atoms with Crippen LogP contribution in [0.3, 0.4) is 0 Å². The highest BCUT2D eigenvalue weighted by Crippen LogP contribution is 2.36. The van der Waals surface area contributed by atoms with Crippen molar-refractivity contribution in [3.05, 3.63) is 30.2 Å². The molecule has 0 atom stereocenters. The Hall–Kier alpha value is -2.30. The number of nitrogens with zero attached hydrogens (tertiary/aromatic N) is 2. The van der Waals surface area contributed by atoms with Crippen LogP contribution in [0.2, 0.25) is 0 Å². The minimum atomic E-state index is 0.261. The van der Waals surface area contributed by atoms with Crippen molar-refractivity contribution in [2.75, 3.05) is 12.5 Å². The van der Waals surface area contributed by atoms with Crippen LogP contribution in [-0.4, -0.2) is 16.8 Å². The van der Waals surface area contributed by atoms with Gasteiger partial charge in [-0.3, -0.25) is 0 Å². The molecule has 1 aromatic heterocycles. The van der Waals surface area contributed by atoms with Crippen LogP contribution < -0.4 is 15.2 Å². The van der Waals surface area contributed by atoms with Gasteiger partial charge in [0.1, 0.15) is 6.33 Å². The summed E-state index contributed by atoms with van der Waals surface area (Å²) in [4.78, 5) is 8.25. The van der Waals surface area contributed by atoms with Gasteiger partial charge < -0.3 is 15.2 Å². The first-order valence-corrected chi connectivity index (χ1v) is 5.23. The molecule has 3 rings (SSSR count). The Labute approximate surface area is 98.2 Å². The third-order valence-electron chi connectivity index (χ3n) is 2.73. The van der Waals surface area contributed by atoms with Crippen LogP contribution in [0.4, 0.5) is 5.69 Å². The Balaban J connectivity index is 2.13. The molecule has 2 heterocycles. The standard InChI is InChI=1S/C12H11N3O2/c1-7-11(13)12(15-5-14-7)8-2-3-9-10(4-8)17-6-16-9/h2-5H,6,13H2,1H3.